The van der Waals surface area contributed by atoms with Gasteiger partial charge in [0.2, 0.25) is 5.95 Å². The van der Waals surface area contributed by atoms with Crippen molar-refractivity contribution in [3.8, 4) is 0 Å². The Bertz CT molecular complexity index is 997. The lowest BCUT2D eigenvalue weighted by atomic mass is 10.1. The second kappa shape index (κ2) is 6.93. The third-order valence-corrected chi connectivity index (χ3v) is 5.05. The molecule has 0 saturated heterocycles. The van der Waals surface area contributed by atoms with Crippen LogP contribution in [0.1, 0.15) is 22.3 Å². The van der Waals surface area contributed by atoms with Crippen molar-refractivity contribution in [3.05, 3.63) is 53.4 Å². The molecule has 4 rings (SSSR count). The van der Waals surface area contributed by atoms with Gasteiger partial charge in [-0.3, -0.25) is 19.1 Å². The molecule has 2 amide bonds. The number of aliphatic hydroxyl groups excluding tert-OH is 1. The number of fused-ring (bicyclic) bond motifs is 3. The highest BCUT2D eigenvalue weighted by atomic mass is 16.3. The number of carbonyl (C=O) groups excluding carboxylic acids is 2. The predicted octanol–water partition coefficient (Wildman–Crippen LogP) is 0.846. The second-order valence-corrected chi connectivity index (χ2v) is 7.60. The van der Waals surface area contributed by atoms with Gasteiger partial charge >= 0.3 is 0 Å². The van der Waals surface area contributed by atoms with E-state index in [0.29, 0.717) is 12.5 Å². The van der Waals surface area contributed by atoms with Gasteiger partial charge in [-0.15, -0.1) is 0 Å². The average molecular weight is 396 g/mol. The summed E-state index contributed by atoms with van der Waals surface area (Å²) in [6.07, 6.45) is 0.285. The summed E-state index contributed by atoms with van der Waals surface area (Å²) < 4.78 is 1.46. The maximum absolute atomic E-state index is 13.3. The Kier molecular flexibility index (Phi) is 4.54. The maximum atomic E-state index is 13.3. The quantitative estimate of drug-likeness (QED) is 0.775. The SMILES string of the molecule is CN(C)/C=C1\C(=O)N(Cc2ccccc2)c2nc3c(n2C1O)C(=O)N(C)CN3C. The van der Waals surface area contributed by atoms with Crippen molar-refractivity contribution in [2.45, 2.75) is 12.8 Å². The summed E-state index contributed by atoms with van der Waals surface area (Å²) in [6, 6.07) is 9.56. The van der Waals surface area contributed by atoms with Crippen molar-refractivity contribution in [2.75, 3.05) is 44.7 Å². The molecular weight excluding hydrogens is 372 g/mol. The van der Waals surface area contributed by atoms with Crippen LogP contribution in [0.2, 0.25) is 0 Å². The minimum Gasteiger partial charge on any atom is -0.383 e. The first-order valence-corrected chi connectivity index (χ1v) is 9.30. The standard InChI is InChI=1S/C20H24N6O3/c1-22(2)11-14-17(27)25(10-13-8-6-5-7-9-13)20-21-16-15(26(20)18(14)28)19(29)24(4)12-23(16)3/h5-9,11,18,28H,10,12H2,1-4H3/b14-11+. The van der Waals surface area contributed by atoms with Crippen molar-refractivity contribution in [1.29, 1.82) is 0 Å². The Morgan fingerprint density at radius 3 is 2.48 bits per heavy atom. The van der Waals surface area contributed by atoms with Gasteiger partial charge in [-0.05, 0) is 5.56 Å². The summed E-state index contributed by atoms with van der Waals surface area (Å²) >= 11 is 0. The van der Waals surface area contributed by atoms with E-state index in [1.165, 1.54) is 9.47 Å². The Hall–Kier alpha value is -3.33. The van der Waals surface area contributed by atoms with Crippen LogP contribution in [0.4, 0.5) is 11.8 Å². The van der Waals surface area contributed by atoms with Gasteiger partial charge in [0.25, 0.3) is 11.8 Å². The number of imidazole rings is 1. The maximum Gasteiger partial charge on any atom is 0.275 e. The molecule has 1 atom stereocenters. The number of rotatable bonds is 3. The first-order valence-electron chi connectivity index (χ1n) is 9.30. The number of amides is 2. The molecule has 1 N–H and O–H groups in total. The van der Waals surface area contributed by atoms with Gasteiger partial charge in [-0.2, -0.15) is 4.98 Å². The molecule has 152 valence electrons. The van der Waals surface area contributed by atoms with Gasteiger partial charge in [0.1, 0.15) is 0 Å². The van der Waals surface area contributed by atoms with Gasteiger partial charge in [0, 0.05) is 34.4 Å². The summed E-state index contributed by atoms with van der Waals surface area (Å²) in [5.74, 6) is 0.143. The van der Waals surface area contributed by atoms with Crippen LogP contribution in [-0.4, -0.2) is 71.1 Å². The van der Waals surface area contributed by atoms with Crippen molar-refractivity contribution in [3.63, 3.8) is 0 Å². The number of hydrogen-bond acceptors (Lipinski definition) is 6. The third-order valence-electron chi connectivity index (χ3n) is 5.05. The fourth-order valence-electron chi connectivity index (χ4n) is 3.73. The first-order chi connectivity index (χ1) is 13.8. The van der Waals surface area contributed by atoms with Crippen LogP contribution in [0, 0.1) is 0 Å². The Labute approximate surface area is 169 Å². The van der Waals surface area contributed by atoms with Crippen LogP contribution in [-0.2, 0) is 11.3 Å². The fourth-order valence-corrected chi connectivity index (χ4v) is 3.73. The van der Waals surface area contributed by atoms with Crippen molar-refractivity contribution >= 4 is 23.6 Å². The van der Waals surface area contributed by atoms with E-state index in [4.69, 9.17) is 0 Å². The summed E-state index contributed by atoms with van der Waals surface area (Å²) in [6.45, 7) is 0.659. The topological polar surface area (TPSA) is 85.2 Å². The number of carbonyl (C=O) groups is 2. The van der Waals surface area contributed by atoms with Gasteiger partial charge in [-0.1, -0.05) is 30.3 Å². The molecule has 1 unspecified atom stereocenters. The predicted molar refractivity (Wildman–Crippen MR) is 108 cm³/mol. The number of benzene rings is 1. The van der Waals surface area contributed by atoms with Crippen LogP contribution in [0.3, 0.4) is 0 Å². The second-order valence-electron chi connectivity index (χ2n) is 7.60. The minimum absolute atomic E-state index is 0.183. The molecule has 0 spiro atoms. The zero-order valence-corrected chi connectivity index (χ0v) is 16.9. The van der Waals surface area contributed by atoms with E-state index in [0.717, 1.165) is 5.56 Å². The molecular formula is C20H24N6O3. The number of nitrogens with zero attached hydrogens (tertiary/aromatic N) is 6. The average Bonchev–Trinajstić information content (AvgIpc) is 3.09. The molecule has 9 heteroatoms. The third kappa shape index (κ3) is 3.03. The molecule has 0 saturated carbocycles. The normalized spacial score (nSPS) is 20.2. The highest BCUT2D eigenvalue weighted by Gasteiger charge is 2.43. The van der Waals surface area contributed by atoms with Crippen molar-refractivity contribution < 1.29 is 14.7 Å². The fraction of sp³-hybridized carbons (Fsp3) is 0.350. The molecule has 0 aliphatic carbocycles. The van der Waals surface area contributed by atoms with Crippen LogP contribution in [0.25, 0.3) is 0 Å². The molecule has 1 aromatic heterocycles. The minimum atomic E-state index is -1.30. The highest BCUT2D eigenvalue weighted by Crippen LogP contribution is 2.39. The van der Waals surface area contributed by atoms with E-state index in [2.05, 4.69) is 4.98 Å². The van der Waals surface area contributed by atoms with Crippen LogP contribution < -0.4 is 9.80 Å². The Morgan fingerprint density at radius 1 is 1.14 bits per heavy atom. The summed E-state index contributed by atoms with van der Waals surface area (Å²) in [5, 5.41) is 11.1. The molecule has 1 aromatic carbocycles. The van der Waals surface area contributed by atoms with E-state index in [1.54, 1.807) is 37.1 Å². The molecule has 2 aliphatic heterocycles. The lowest BCUT2D eigenvalue weighted by Crippen LogP contribution is -2.45. The Morgan fingerprint density at radius 2 is 1.83 bits per heavy atom. The van der Waals surface area contributed by atoms with Crippen LogP contribution in [0.5, 0.6) is 0 Å². The summed E-state index contributed by atoms with van der Waals surface area (Å²) in [7, 11) is 7.08. The van der Waals surface area contributed by atoms with Crippen LogP contribution >= 0.6 is 0 Å². The van der Waals surface area contributed by atoms with Gasteiger partial charge in [-0.25, -0.2) is 0 Å². The van der Waals surface area contributed by atoms with E-state index >= 15 is 0 Å². The molecule has 0 bridgehead atoms. The molecule has 9 nitrogen and oxygen atoms in total. The van der Waals surface area contributed by atoms with Gasteiger partial charge in [0.15, 0.2) is 17.7 Å². The van der Waals surface area contributed by atoms with Crippen molar-refractivity contribution in [2.24, 2.45) is 0 Å². The van der Waals surface area contributed by atoms with Gasteiger partial charge < -0.3 is 19.8 Å². The molecule has 0 fully saturated rings. The number of hydrogen-bond donors (Lipinski definition) is 1. The molecule has 3 heterocycles. The van der Waals surface area contributed by atoms with E-state index in [-0.39, 0.29) is 35.6 Å². The number of aliphatic hydroxyl groups is 1. The number of aromatic nitrogens is 2. The largest absolute Gasteiger partial charge is 0.383 e. The van der Waals surface area contributed by atoms with E-state index in [9.17, 15) is 14.7 Å². The van der Waals surface area contributed by atoms with Crippen LogP contribution in [0.15, 0.2) is 42.1 Å². The summed E-state index contributed by atoms with van der Waals surface area (Å²) in [5.41, 5.74) is 1.38. The van der Waals surface area contributed by atoms with E-state index < -0.39 is 6.23 Å². The zero-order valence-electron chi connectivity index (χ0n) is 16.9. The van der Waals surface area contributed by atoms with Crippen molar-refractivity contribution in [1.82, 2.24) is 19.4 Å². The highest BCUT2D eigenvalue weighted by molar-refractivity contribution is 6.08. The molecule has 29 heavy (non-hydrogen) atoms. The Balaban J connectivity index is 1.91. The molecule has 2 aliphatic rings. The smallest absolute Gasteiger partial charge is 0.275 e. The molecule has 2 aromatic rings. The molecule has 0 radical (unpaired) electrons. The van der Waals surface area contributed by atoms with E-state index in [1.807, 2.05) is 42.3 Å². The summed E-state index contributed by atoms with van der Waals surface area (Å²) in [4.78, 5) is 37.4. The monoisotopic (exact) mass is 396 g/mol. The lowest BCUT2D eigenvalue weighted by Gasteiger charge is -2.34. The van der Waals surface area contributed by atoms with Gasteiger partial charge in [0.05, 0.1) is 18.8 Å². The lowest BCUT2D eigenvalue weighted by molar-refractivity contribution is -0.117. The first kappa shape index (κ1) is 19.0. The zero-order chi connectivity index (χ0) is 20.9. The number of anilines is 2.